The zero-order valence-corrected chi connectivity index (χ0v) is 35.2. The highest BCUT2D eigenvalue weighted by molar-refractivity contribution is 5.83. The van der Waals surface area contributed by atoms with Crippen LogP contribution in [0.3, 0.4) is 0 Å². The summed E-state index contributed by atoms with van der Waals surface area (Å²) in [5.41, 5.74) is 22.1. The molecular formula is C51H80N2. The van der Waals surface area contributed by atoms with Crippen molar-refractivity contribution in [1.82, 2.24) is 0 Å². The smallest absolute Gasteiger partial charge is 0.211 e. The van der Waals surface area contributed by atoms with Crippen molar-refractivity contribution in [2.24, 2.45) is 0 Å². The van der Waals surface area contributed by atoms with Crippen LogP contribution in [0, 0.1) is 0 Å². The van der Waals surface area contributed by atoms with Gasteiger partial charge in [-0.25, -0.2) is 4.70 Å². The molecule has 0 N–H and O–H groups in total. The number of benzene rings is 2. The highest BCUT2D eigenvalue weighted by Gasteiger charge is 2.36. The topological polar surface area (TPSA) is 25.3 Å². The maximum atomic E-state index is 12.2. The Balaban J connectivity index is 1.56. The molecule has 3 rings (SSSR count). The normalized spacial score (nSPS) is 13.4. The molecule has 2 aromatic carbocycles. The van der Waals surface area contributed by atoms with Gasteiger partial charge in [0.15, 0.2) is 0 Å². The molecule has 0 amide bonds. The number of hydrogen-bond acceptors (Lipinski definition) is 0. The Morgan fingerprint density at radius 2 is 0.962 bits per heavy atom. The first kappa shape index (κ1) is 44.7. The van der Waals surface area contributed by atoms with Gasteiger partial charge in [-0.2, -0.15) is 0 Å². The summed E-state index contributed by atoms with van der Waals surface area (Å²) >= 11 is 0. The summed E-state index contributed by atoms with van der Waals surface area (Å²) in [6, 6.07) is 17.9. The number of rotatable bonds is 32. The van der Waals surface area contributed by atoms with Crippen molar-refractivity contribution in [3.8, 4) is 0 Å². The lowest BCUT2D eigenvalue weighted by atomic mass is 9.90. The second-order valence-corrected chi connectivity index (χ2v) is 16.1. The van der Waals surface area contributed by atoms with Crippen molar-refractivity contribution in [2.75, 3.05) is 0 Å². The van der Waals surface area contributed by atoms with Gasteiger partial charge in [-0.1, -0.05) is 192 Å². The summed E-state index contributed by atoms with van der Waals surface area (Å²) in [6.45, 7) is 9.13. The molecule has 0 fully saturated rings. The molecule has 0 spiro atoms. The molecule has 1 aliphatic heterocycles. The lowest BCUT2D eigenvalue weighted by Gasteiger charge is -2.13. The lowest BCUT2D eigenvalue weighted by Crippen LogP contribution is -2.05. The standard InChI is InChI=1S/C51H80N2/c1-5-9-13-15-16-17-18-19-20-21-22-23-24-25-26-27-28-29-30-37-45-38-32-33-41-47(45)51-49(42-31-14-10-6-2)48(40-12-8-4)50(53(51)52)46-39-34-36-44(43-46)35-11-7-3/h28-29,32-34,36,38-39,41,43H,5-27,30-31,35,37,40,42H2,1-4H3. The average Bonchev–Trinajstić information content (AvgIpc) is 3.45. The molecule has 2 nitrogen and oxygen atoms in total. The monoisotopic (exact) mass is 721 g/mol. The lowest BCUT2D eigenvalue weighted by molar-refractivity contribution is -0.345. The van der Waals surface area contributed by atoms with Crippen LogP contribution in [0.5, 0.6) is 0 Å². The fourth-order valence-corrected chi connectivity index (χ4v) is 8.18. The Labute approximate surface area is 328 Å². The van der Waals surface area contributed by atoms with E-state index in [2.05, 4.69) is 88.4 Å². The Bertz CT molecular complexity index is 1370. The van der Waals surface area contributed by atoms with Crippen LogP contribution in [0.1, 0.15) is 223 Å². The Hall–Kier alpha value is -2.74. The van der Waals surface area contributed by atoms with Gasteiger partial charge in [0.05, 0.1) is 0 Å². The second kappa shape index (κ2) is 28.7. The van der Waals surface area contributed by atoms with Crippen molar-refractivity contribution >= 4 is 11.4 Å². The highest BCUT2D eigenvalue weighted by Crippen LogP contribution is 2.45. The van der Waals surface area contributed by atoms with E-state index in [1.54, 1.807) is 4.70 Å². The van der Waals surface area contributed by atoms with Gasteiger partial charge in [0, 0.05) is 22.3 Å². The minimum absolute atomic E-state index is 0.998. The van der Waals surface area contributed by atoms with E-state index >= 15 is 0 Å². The third-order valence-corrected chi connectivity index (χ3v) is 11.4. The molecule has 294 valence electrons. The average molecular weight is 721 g/mol. The minimum Gasteiger partial charge on any atom is -0.493 e. The SMILES string of the molecule is CCCCCCCCCCCCCCCCCC=CCCc1ccccc1C1=C(CCCCCC)C(CCCC)=C(c2cccc(CCCC)c2)[N+]1=[N-]. The van der Waals surface area contributed by atoms with Crippen LogP contribution in [0.25, 0.3) is 16.9 Å². The van der Waals surface area contributed by atoms with Crippen LogP contribution in [0.2, 0.25) is 0 Å². The first-order chi connectivity index (χ1) is 26.2. The quantitative estimate of drug-likeness (QED) is 0.0408. The van der Waals surface area contributed by atoms with Crippen LogP contribution >= 0.6 is 0 Å². The fraction of sp³-hybridized carbons (Fsp3) is 0.647. The third-order valence-electron chi connectivity index (χ3n) is 11.4. The van der Waals surface area contributed by atoms with Crippen molar-refractivity contribution in [3.05, 3.63) is 99.6 Å². The van der Waals surface area contributed by atoms with Gasteiger partial charge in [-0.15, -0.1) is 0 Å². The zero-order chi connectivity index (χ0) is 37.8. The van der Waals surface area contributed by atoms with Gasteiger partial charge < -0.3 is 5.53 Å². The molecule has 2 aromatic rings. The largest absolute Gasteiger partial charge is 0.493 e. The fourth-order valence-electron chi connectivity index (χ4n) is 8.18. The summed E-state index contributed by atoms with van der Waals surface area (Å²) in [5, 5.41) is 0. The number of hydrogen-bond donors (Lipinski definition) is 0. The van der Waals surface area contributed by atoms with Crippen molar-refractivity contribution in [2.45, 2.75) is 214 Å². The zero-order valence-electron chi connectivity index (χ0n) is 35.2. The van der Waals surface area contributed by atoms with Crippen molar-refractivity contribution < 1.29 is 4.70 Å². The Kier molecular flexibility index (Phi) is 24.2. The molecule has 2 heteroatoms. The predicted octanol–water partition coefficient (Wildman–Crippen LogP) is 17.1. The molecule has 53 heavy (non-hydrogen) atoms. The van der Waals surface area contributed by atoms with Crippen LogP contribution in [0.4, 0.5) is 0 Å². The summed E-state index contributed by atoms with van der Waals surface area (Å²) in [4.78, 5) is 0. The molecule has 0 saturated heterocycles. The number of nitrogens with zero attached hydrogens (tertiary/aromatic N) is 2. The van der Waals surface area contributed by atoms with Gasteiger partial charge in [-0.3, -0.25) is 0 Å². The first-order valence-electron chi connectivity index (χ1n) is 22.9. The molecular weight excluding hydrogens is 641 g/mol. The van der Waals surface area contributed by atoms with E-state index in [4.69, 9.17) is 0 Å². The molecule has 1 heterocycles. The molecule has 0 aliphatic carbocycles. The Morgan fingerprint density at radius 1 is 0.453 bits per heavy atom. The molecule has 0 aromatic heterocycles. The number of aryl methyl sites for hydroxylation is 2. The highest BCUT2D eigenvalue weighted by atomic mass is 15.2. The van der Waals surface area contributed by atoms with Gasteiger partial charge >= 0.3 is 0 Å². The van der Waals surface area contributed by atoms with E-state index in [1.807, 2.05) is 0 Å². The summed E-state index contributed by atoms with van der Waals surface area (Å²) in [5.74, 6) is 0. The van der Waals surface area contributed by atoms with Crippen LogP contribution < -0.4 is 0 Å². The van der Waals surface area contributed by atoms with Crippen LogP contribution in [-0.2, 0) is 12.8 Å². The van der Waals surface area contributed by atoms with E-state index in [0.29, 0.717) is 0 Å². The number of unbranched alkanes of at least 4 members (excludes halogenated alkanes) is 20. The van der Waals surface area contributed by atoms with E-state index in [-0.39, 0.29) is 0 Å². The summed E-state index contributed by atoms with van der Waals surface area (Å²) in [7, 11) is 0. The number of allylic oxidation sites excluding steroid dienone is 4. The van der Waals surface area contributed by atoms with E-state index in [0.717, 1.165) is 61.9 Å². The molecule has 0 atom stereocenters. The molecule has 0 radical (unpaired) electrons. The third kappa shape index (κ3) is 16.7. The maximum Gasteiger partial charge on any atom is 0.211 e. The first-order valence-corrected chi connectivity index (χ1v) is 22.9. The van der Waals surface area contributed by atoms with E-state index in [1.165, 1.54) is 169 Å². The molecule has 0 saturated carbocycles. The van der Waals surface area contributed by atoms with Gasteiger partial charge in [0.2, 0.25) is 11.4 Å². The van der Waals surface area contributed by atoms with Gasteiger partial charge in [0.1, 0.15) is 0 Å². The summed E-state index contributed by atoms with van der Waals surface area (Å²) < 4.78 is 1.60. The van der Waals surface area contributed by atoms with Crippen LogP contribution in [0.15, 0.2) is 71.8 Å². The van der Waals surface area contributed by atoms with Crippen molar-refractivity contribution in [1.29, 1.82) is 0 Å². The predicted molar refractivity (Wildman–Crippen MR) is 234 cm³/mol. The van der Waals surface area contributed by atoms with Gasteiger partial charge in [-0.05, 0) is 93.5 Å². The minimum atomic E-state index is 0.998. The van der Waals surface area contributed by atoms with Crippen LogP contribution in [-0.4, -0.2) is 4.70 Å². The van der Waals surface area contributed by atoms with E-state index < -0.39 is 0 Å². The Morgan fingerprint density at radius 3 is 1.60 bits per heavy atom. The molecule has 1 aliphatic rings. The second-order valence-electron chi connectivity index (χ2n) is 16.1. The van der Waals surface area contributed by atoms with Gasteiger partial charge in [0.25, 0.3) is 0 Å². The molecule has 0 bridgehead atoms. The van der Waals surface area contributed by atoms with E-state index in [9.17, 15) is 5.53 Å². The maximum absolute atomic E-state index is 12.2. The van der Waals surface area contributed by atoms with Crippen molar-refractivity contribution in [3.63, 3.8) is 0 Å². The molecule has 0 unspecified atom stereocenters. The summed E-state index contributed by atoms with van der Waals surface area (Å²) in [6.07, 6.45) is 42.1.